The summed E-state index contributed by atoms with van der Waals surface area (Å²) in [6.45, 7) is 0. The Morgan fingerprint density at radius 1 is 1.27 bits per heavy atom. The first-order chi connectivity index (χ1) is 12.5. The molecule has 1 saturated heterocycles. The van der Waals surface area contributed by atoms with Crippen molar-refractivity contribution in [2.45, 2.75) is 32.1 Å². The average molecular weight is 360 g/mol. The van der Waals surface area contributed by atoms with Crippen molar-refractivity contribution in [3.8, 4) is 0 Å². The number of ether oxygens (including phenoxy) is 1. The summed E-state index contributed by atoms with van der Waals surface area (Å²) in [7, 11) is 1.25. The largest absolute Gasteiger partial charge is 0.469 e. The van der Waals surface area contributed by atoms with Crippen LogP contribution in [0.2, 0.25) is 0 Å². The van der Waals surface area contributed by atoms with Gasteiger partial charge in [-0.3, -0.25) is 14.4 Å². The van der Waals surface area contributed by atoms with Crippen molar-refractivity contribution in [2.24, 2.45) is 11.8 Å². The van der Waals surface area contributed by atoms with Gasteiger partial charge in [-0.05, 0) is 18.9 Å². The lowest BCUT2D eigenvalue weighted by atomic mass is 9.81. The number of amides is 2. The van der Waals surface area contributed by atoms with Crippen LogP contribution in [-0.2, 0) is 25.5 Å². The Hall–Kier alpha value is -2.77. The summed E-state index contributed by atoms with van der Waals surface area (Å²) >= 11 is 0. The second-order valence-corrected chi connectivity index (χ2v) is 6.69. The fourth-order valence-corrected chi connectivity index (χ4v) is 3.91. The van der Waals surface area contributed by atoms with E-state index in [0.29, 0.717) is 18.2 Å². The minimum absolute atomic E-state index is 0.115. The Labute approximate surface area is 148 Å². The van der Waals surface area contributed by atoms with Gasteiger partial charge >= 0.3 is 5.97 Å². The van der Waals surface area contributed by atoms with Crippen LogP contribution in [0.4, 0.5) is 10.1 Å². The van der Waals surface area contributed by atoms with Crippen molar-refractivity contribution in [1.82, 2.24) is 5.16 Å². The molecule has 1 saturated carbocycles. The molecule has 4 rings (SSSR count). The molecule has 7 nitrogen and oxygen atoms in total. The van der Waals surface area contributed by atoms with Gasteiger partial charge in [0.1, 0.15) is 5.69 Å². The van der Waals surface area contributed by atoms with Crippen LogP contribution in [0.25, 0.3) is 11.0 Å². The van der Waals surface area contributed by atoms with Gasteiger partial charge in [0, 0.05) is 11.5 Å². The highest BCUT2D eigenvalue weighted by Crippen LogP contribution is 2.41. The number of hydrogen-bond acceptors (Lipinski definition) is 6. The fraction of sp³-hybridized carbons (Fsp3) is 0.444. The smallest absolute Gasteiger partial charge is 0.311 e. The number of fused-ring (bicyclic) bond motifs is 2. The quantitative estimate of drug-likeness (QED) is 0.617. The summed E-state index contributed by atoms with van der Waals surface area (Å²) < 4.78 is 24.3. The summed E-state index contributed by atoms with van der Waals surface area (Å²) in [5.74, 6) is -2.72. The topological polar surface area (TPSA) is 89.7 Å². The number of rotatable bonds is 3. The third-order valence-electron chi connectivity index (χ3n) is 5.24. The SMILES string of the molecule is COC(=O)Cc1noc2cc(F)c(N3C(=O)C4CCCCC4C3=O)cc12. The molecular weight excluding hydrogens is 343 g/mol. The molecule has 26 heavy (non-hydrogen) atoms. The molecule has 1 aliphatic carbocycles. The molecule has 136 valence electrons. The highest BCUT2D eigenvalue weighted by Gasteiger charge is 2.49. The van der Waals surface area contributed by atoms with Gasteiger partial charge in [0.05, 0.1) is 31.1 Å². The van der Waals surface area contributed by atoms with Gasteiger partial charge in [-0.2, -0.15) is 0 Å². The minimum Gasteiger partial charge on any atom is -0.469 e. The second-order valence-electron chi connectivity index (χ2n) is 6.69. The second kappa shape index (κ2) is 6.19. The Morgan fingerprint density at radius 3 is 2.54 bits per heavy atom. The molecule has 2 aromatic rings. The van der Waals surface area contributed by atoms with Crippen LogP contribution in [0.15, 0.2) is 16.7 Å². The molecular formula is C18H17FN2O5. The van der Waals surface area contributed by atoms with E-state index < -0.39 is 11.8 Å². The highest BCUT2D eigenvalue weighted by atomic mass is 19.1. The number of benzene rings is 1. The number of nitrogens with zero attached hydrogens (tertiary/aromatic N) is 2. The van der Waals surface area contributed by atoms with E-state index in [1.54, 1.807) is 0 Å². The molecule has 2 fully saturated rings. The third-order valence-corrected chi connectivity index (χ3v) is 5.24. The molecule has 2 atom stereocenters. The average Bonchev–Trinajstić information content (AvgIpc) is 3.13. The number of carbonyl (C=O) groups is 3. The molecule has 2 amide bonds. The van der Waals surface area contributed by atoms with Crippen LogP contribution in [0.5, 0.6) is 0 Å². The number of esters is 1. The standard InChI is InChI=1S/C18H17FN2O5/c1-25-16(22)8-13-11-6-14(12(19)7-15(11)26-20-13)21-17(23)9-4-2-3-5-10(9)18(21)24/h6-7,9-10H,2-5,8H2,1H3. The summed E-state index contributed by atoms with van der Waals surface area (Å²) in [6, 6.07) is 2.44. The molecule has 0 radical (unpaired) electrons. The molecule has 2 unspecified atom stereocenters. The molecule has 0 bridgehead atoms. The Kier molecular flexibility index (Phi) is 3.97. The Bertz CT molecular complexity index is 898. The molecule has 1 aromatic carbocycles. The number of carbonyl (C=O) groups excluding carboxylic acids is 3. The number of methoxy groups -OCH3 is 1. The zero-order valence-electron chi connectivity index (χ0n) is 14.2. The van der Waals surface area contributed by atoms with Crippen molar-refractivity contribution in [3.63, 3.8) is 0 Å². The van der Waals surface area contributed by atoms with Crippen LogP contribution >= 0.6 is 0 Å². The van der Waals surface area contributed by atoms with Crippen LogP contribution in [-0.4, -0.2) is 30.1 Å². The summed E-state index contributed by atoms with van der Waals surface area (Å²) in [6.07, 6.45) is 2.93. The highest BCUT2D eigenvalue weighted by molar-refractivity contribution is 6.22. The fourth-order valence-electron chi connectivity index (χ4n) is 3.91. The maximum Gasteiger partial charge on any atom is 0.311 e. The van der Waals surface area contributed by atoms with E-state index in [0.717, 1.165) is 23.8 Å². The van der Waals surface area contributed by atoms with Crippen LogP contribution < -0.4 is 4.90 Å². The van der Waals surface area contributed by atoms with Crippen molar-refractivity contribution < 1.29 is 28.0 Å². The van der Waals surface area contributed by atoms with Crippen molar-refractivity contribution >= 4 is 34.4 Å². The molecule has 8 heteroatoms. The molecule has 2 aliphatic rings. The first-order valence-electron chi connectivity index (χ1n) is 8.53. The van der Waals surface area contributed by atoms with Gasteiger partial charge in [0.2, 0.25) is 11.8 Å². The van der Waals surface area contributed by atoms with Gasteiger partial charge in [-0.1, -0.05) is 18.0 Å². The molecule has 1 aromatic heterocycles. The van der Waals surface area contributed by atoms with E-state index in [-0.39, 0.29) is 47.0 Å². The number of aromatic nitrogens is 1. The molecule has 0 N–H and O–H groups in total. The van der Waals surface area contributed by atoms with E-state index >= 15 is 0 Å². The molecule has 0 spiro atoms. The predicted molar refractivity (Wildman–Crippen MR) is 87.6 cm³/mol. The normalized spacial score (nSPS) is 22.8. The lowest BCUT2D eigenvalue weighted by Crippen LogP contribution is -2.31. The van der Waals surface area contributed by atoms with E-state index in [1.807, 2.05) is 0 Å². The number of halogens is 1. The van der Waals surface area contributed by atoms with Gasteiger partial charge < -0.3 is 9.26 Å². The Balaban J connectivity index is 1.77. The van der Waals surface area contributed by atoms with Gasteiger partial charge in [0.25, 0.3) is 0 Å². The van der Waals surface area contributed by atoms with Crippen molar-refractivity contribution in [2.75, 3.05) is 12.0 Å². The molecule has 1 aliphatic heterocycles. The van der Waals surface area contributed by atoms with E-state index in [9.17, 15) is 18.8 Å². The van der Waals surface area contributed by atoms with Crippen LogP contribution in [0.3, 0.4) is 0 Å². The van der Waals surface area contributed by atoms with E-state index in [4.69, 9.17) is 4.52 Å². The van der Waals surface area contributed by atoms with Gasteiger partial charge in [0.15, 0.2) is 11.4 Å². The maximum atomic E-state index is 14.6. The van der Waals surface area contributed by atoms with E-state index in [2.05, 4.69) is 9.89 Å². The summed E-state index contributed by atoms with van der Waals surface area (Å²) in [4.78, 5) is 37.9. The van der Waals surface area contributed by atoms with Crippen LogP contribution in [0.1, 0.15) is 31.4 Å². The number of imide groups is 1. The predicted octanol–water partition coefficient (Wildman–Crippen LogP) is 2.36. The zero-order valence-corrected chi connectivity index (χ0v) is 14.2. The maximum absolute atomic E-state index is 14.6. The monoisotopic (exact) mass is 360 g/mol. The van der Waals surface area contributed by atoms with Crippen molar-refractivity contribution in [3.05, 3.63) is 23.6 Å². The van der Waals surface area contributed by atoms with Crippen molar-refractivity contribution in [1.29, 1.82) is 0 Å². The van der Waals surface area contributed by atoms with E-state index in [1.165, 1.54) is 13.2 Å². The number of anilines is 1. The van der Waals surface area contributed by atoms with Gasteiger partial charge in [-0.15, -0.1) is 0 Å². The lowest BCUT2D eigenvalue weighted by Gasteiger charge is -2.19. The molecule has 2 heterocycles. The summed E-state index contributed by atoms with van der Waals surface area (Å²) in [5, 5.41) is 4.15. The Morgan fingerprint density at radius 2 is 1.92 bits per heavy atom. The first-order valence-corrected chi connectivity index (χ1v) is 8.53. The lowest BCUT2D eigenvalue weighted by molar-refractivity contribution is -0.139. The number of hydrogen-bond donors (Lipinski definition) is 0. The van der Waals surface area contributed by atoms with Gasteiger partial charge in [-0.25, -0.2) is 9.29 Å². The first kappa shape index (κ1) is 16.7. The minimum atomic E-state index is -0.737. The van der Waals surface area contributed by atoms with Crippen LogP contribution in [0, 0.1) is 17.7 Å². The zero-order chi connectivity index (χ0) is 18.4. The third kappa shape index (κ3) is 2.48. The summed E-state index contributed by atoms with van der Waals surface area (Å²) in [5.41, 5.74) is 0.294.